The van der Waals surface area contributed by atoms with Crippen molar-refractivity contribution in [3.63, 3.8) is 0 Å². The predicted octanol–water partition coefficient (Wildman–Crippen LogP) is 4.26. The molecule has 2 aliphatic rings. The molecule has 0 aliphatic carbocycles. The Morgan fingerprint density at radius 3 is 2.43 bits per heavy atom. The summed E-state index contributed by atoms with van der Waals surface area (Å²) in [6.45, 7) is 6.19. The molecule has 4 aromatic rings. The van der Waals surface area contributed by atoms with Gasteiger partial charge in [0, 0.05) is 64.5 Å². The number of aromatic nitrogens is 2. The Labute approximate surface area is 204 Å². The van der Waals surface area contributed by atoms with Crippen molar-refractivity contribution in [2.24, 2.45) is 13.0 Å². The quantitative estimate of drug-likeness (QED) is 0.432. The third kappa shape index (κ3) is 3.43. The summed E-state index contributed by atoms with van der Waals surface area (Å²) in [4.78, 5) is 26.7. The van der Waals surface area contributed by atoms with Crippen LogP contribution in [0.25, 0.3) is 33.0 Å². The summed E-state index contributed by atoms with van der Waals surface area (Å²) < 4.78 is 4.38. The lowest BCUT2D eigenvalue weighted by Gasteiger charge is -2.27. The molecule has 178 valence electrons. The van der Waals surface area contributed by atoms with E-state index in [1.807, 2.05) is 54.2 Å². The lowest BCUT2D eigenvalue weighted by molar-refractivity contribution is -0.122. The molecule has 2 aromatic carbocycles. The number of rotatable bonds is 5. The van der Waals surface area contributed by atoms with E-state index in [0.29, 0.717) is 23.1 Å². The number of amides is 2. The maximum atomic E-state index is 13.4. The number of nitrogens with one attached hydrogen (secondary N) is 2. The third-order valence-corrected chi connectivity index (χ3v) is 7.48. The highest BCUT2D eigenvalue weighted by Crippen LogP contribution is 2.42. The fraction of sp³-hybridized carbons (Fsp3) is 0.310. The molecule has 6 nitrogen and oxygen atoms in total. The van der Waals surface area contributed by atoms with Crippen LogP contribution < -0.4 is 10.6 Å². The largest absolute Gasteiger partial charge is 0.350 e. The van der Waals surface area contributed by atoms with E-state index in [1.54, 1.807) is 0 Å². The Morgan fingerprint density at radius 2 is 1.66 bits per heavy atom. The van der Waals surface area contributed by atoms with E-state index in [2.05, 4.69) is 41.2 Å². The second kappa shape index (κ2) is 8.24. The Bertz CT molecular complexity index is 1540. The van der Waals surface area contributed by atoms with Crippen LogP contribution in [0.2, 0.25) is 0 Å². The molecule has 2 aromatic heterocycles. The molecule has 6 rings (SSSR count). The average molecular weight is 467 g/mol. The first-order valence-corrected chi connectivity index (χ1v) is 12.4. The summed E-state index contributed by atoms with van der Waals surface area (Å²) in [5, 5.41) is 8.22. The van der Waals surface area contributed by atoms with Crippen LogP contribution in [0, 0.1) is 5.92 Å². The molecule has 6 heteroatoms. The maximum absolute atomic E-state index is 13.4. The highest BCUT2D eigenvalue weighted by Gasteiger charge is 2.38. The minimum Gasteiger partial charge on any atom is -0.350 e. The number of hydrogen-bond donors (Lipinski definition) is 2. The molecule has 0 bridgehead atoms. The number of para-hydroxylation sites is 2. The SMILES string of the molecule is CC(C)NC[C@H]1CCn2c(c(C3=C(c4cn(C)c5ccccc45)C(=O)NC3=O)c3ccccc32)C1. The molecule has 0 spiro atoms. The van der Waals surface area contributed by atoms with Gasteiger partial charge in [-0.2, -0.15) is 0 Å². The van der Waals surface area contributed by atoms with Gasteiger partial charge in [-0.25, -0.2) is 0 Å². The molecule has 0 fully saturated rings. The lowest BCUT2D eigenvalue weighted by Crippen LogP contribution is -2.33. The molecule has 35 heavy (non-hydrogen) atoms. The summed E-state index contributed by atoms with van der Waals surface area (Å²) in [5.41, 5.74) is 6.03. The van der Waals surface area contributed by atoms with Gasteiger partial charge in [-0.3, -0.25) is 14.9 Å². The fourth-order valence-corrected chi connectivity index (χ4v) is 5.86. The van der Waals surface area contributed by atoms with Crippen molar-refractivity contribution in [3.8, 4) is 0 Å². The second-order valence-electron chi connectivity index (χ2n) is 10.1. The number of fused-ring (bicyclic) bond motifs is 4. The van der Waals surface area contributed by atoms with Gasteiger partial charge in [0.1, 0.15) is 0 Å². The molecule has 1 atom stereocenters. The van der Waals surface area contributed by atoms with Crippen molar-refractivity contribution < 1.29 is 9.59 Å². The Kier molecular flexibility index (Phi) is 5.15. The summed E-state index contributed by atoms with van der Waals surface area (Å²) >= 11 is 0. The second-order valence-corrected chi connectivity index (χ2v) is 10.1. The summed E-state index contributed by atoms with van der Waals surface area (Å²) in [6, 6.07) is 16.7. The van der Waals surface area contributed by atoms with Gasteiger partial charge in [-0.1, -0.05) is 50.2 Å². The van der Waals surface area contributed by atoms with Crippen LogP contribution in [-0.2, 0) is 29.6 Å². The molecule has 0 unspecified atom stereocenters. The van der Waals surface area contributed by atoms with Crippen LogP contribution >= 0.6 is 0 Å². The standard InChI is InChI=1S/C29H30N4O2/c1-17(2)30-15-18-12-13-33-23-11-7-5-9-20(23)25(24(33)14-18)27-26(28(34)31-29(27)35)21-16-32(3)22-10-6-4-8-19(21)22/h4-11,16-18,30H,12-15H2,1-3H3,(H,31,34,35)/t18-/m0/s1. The molecular weight excluding hydrogens is 436 g/mol. The van der Waals surface area contributed by atoms with Gasteiger partial charge in [-0.15, -0.1) is 0 Å². The van der Waals surface area contributed by atoms with Crippen molar-refractivity contribution in [3.05, 3.63) is 71.5 Å². The topological polar surface area (TPSA) is 68.1 Å². The Morgan fingerprint density at radius 1 is 0.971 bits per heavy atom. The van der Waals surface area contributed by atoms with Crippen LogP contribution in [0.4, 0.5) is 0 Å². The minimum atomic E-state index is -0.320. The van der Waals surface area contributed by atoms with Gasteiger partial charge >= 0.3 is 0 Å². The van der Waals surface area contributed by atoms with Gasteiger partial charge in [0.05, 0.1) is 11.1 Å². The van der Waals surface area contributed by atoms with E-state index in [-0.39, 0.29) is 11.8 Å². The van der Waals surface area contributed by atoms with E-state index >= 15 is 0 Å². The molecule has 0 radical (unpaired) electrons. The van der Waals surface area contributed by atoms with E-state index < -0.39 is 0 Å². The van der Waals surface area contributed by atoms with E-state index in [0.717, 1.165) is 64.6 Å². The van der Waals surface area contributed by atoms with Crippen LogP contribution in [0.15, 0.2) is 54.7 Å². The van der Waals surface area contributed by atoms with Gasteiger partial charge in [0.15, 0.2) is 0 Å². The number of nitrogens with zero attached hydrogens (tertiary/aromatic N) is 2. The van der Waals surface area contributed by atoms with Gasteiger partial charge in [0.25, 0.3) is 11.8 Å². The molecule has 2 aliphatic heterocycles. The smallest absolute Gasteiger partial charge is 0.259 e. The molecule has 2 N–H and O–H groups in total. The van der Waals surface area contributed by atoms with Crippen LogP contribution in [0.5, 0.6) is 0 Å². The van der Waals surface area contributed by atoms with Crippen LogP contribution in [0.1, 0.15) is 37.1 Å². The zero-order valence-electron chi connectivity index (χ0n) is 20.4. The van der Waals surface area contributed by atoms with E-state index in [9.17, 15) is 9.59 Å². The van der Waals surface area contributed by atoms with E-state index in [4.69, 9.17) is 0 Å². The highest BCUT2D eigenvalue weighted by molar-refractivity contribution is 6.51. The number of carbonyl (C=O) groups is 2. The van der Waals surface area contributed by atoms with Crippen molar-refractivity contribution >= 4 is 44.8 Å². The first kappa shape index (κ1) is 21.9. The number of carbonyl (C=O) groups excluding carboxylic acids is 2. The monoisotopic (exact) mass is 466 g/mol. The summed E-state index contributed by atoms with van der Waals surface area (Å²) in [7, 11) is 1.97. The van der Waals surface area contributed by atoms with Gasteiger partial charge < -0.3 is 14.5 Å². The van der Waals surface area contributed by atoms with Crippen molar-refractivity contribution in [1.82, 2.24) is 19.8 Å². The van der Waals surface area contributed by atoms with Crippen molar-refractivity contribution in [2.45, 2.75) is 39.3 Å². The lowest BCUT2D eigenvalue weighted by atomic mass is 9.89. The Hall–Kier alpha value is -3.64. The average Bonchev–Trinajstić information content (AvgIpc) is 3.45. The summed E-state index contributed by atoms with van der Waals surface area (Å²) in [5.74, 6) is -0.145. The summed E-state index contributed by atoms with van der Waals surface area (Å²) in [6.07, 6.45) is 3.93. The number of imide groups is 1. The first-order valence-electron chi connectivity index (χ1n) is 12.4. The van der Waals surface area contributed by atoms with Crippen molar-refractivity contribution in [2.75, 3.05) is 6.54 Å². The molecule has 4 heterocycles. The minimum absolute atomic E-state index is 0.306. The Balaban J connectivity index is 1.60. The molecular formula is C29H30N4O2. The van der Waals surface area contributed by atoms with Crippen LogP contribution in [0.3, 0.4) is 0 Å². The molecule has 0 saturated carbocycles. The van der Waals surface area contributed by atoms with Gasteiger partial charge in [0.2, 0.25) is 0 Å². The van der Waals surface area contributed by atoms with Crippen LogP contribution in [-0.4, -0.2) is 33.5 Å². The van der Waals surface area contributed by atoms with E-state index in [1.165, 1.54) is 0 Å². The molecule has 2 amide bonds. The molecule has 0 saturated heterocycles. The van der Waals surface area contributed by atoms with Gasteiger partial charge in [-0.05, 0) is 37.4 Å². The fourth-order valence-electron chi connectivity index (χ4n) is 5.86. The third-order valence-electron chi connectivity index (χ3n) is 7.48. The zero-order chi connectivity index (χ0) is 24.3. The van der Waals surface area contributed by atoms with Crippen molar-refractivity contribution in [1.29, 1.82) is 0 Å². The zero-order valence-corrected chi connectivity index (χ0v) is 20.4. The number of benzene rings is 2. The number of hydrogen-bond acceptors (Lipinski definition) is 3. The predicted molar refractivity (Wildman–Crippen MR) is 140 cm³/mol. The normalized spacial score (nSPS) is 18.2. The first-order chi connectivity index (χ1) is 16.9. The number of aryl methyl sites for hydroxylation is 2. The maximum Gasteiger partial charge on any atom is 0.259 e. The highest BCUT2D eigenvalue weighted by atomic mass is 16.2.